The first-order valence-corrected chi connectivity index (χ1v) is 9.18. The Morgan fingerprint density at radius 2 is 2.04 bits per heavy atom. The Kier molecular flexibility index (Phi) is 5.91. The van der Waals surface area contributed by atoms with E-state index in [2.05, 4.69) is 0 Å². The zero-order valence-electron chi connectivity index (χ0n) is 14.1. The predicted octanol–water partition coefficient (Wildman–Crippen LogP) is 2.50. The lowest BCUT2D eigenvalue weighted by Crippen LogP contribution is -2.64. The van der Waals surface area contributed by atoms with E-state index in [4.69, 9.17) is 25.8 Å². The Balaban J connectivity index is 1.89. The number of halogens is 1. The molecule has 0 aromatic rings. The van der Waals surface area contributed by atoms with Gasteiger partial charge in [-0.15, -0.1) is 23.4 Å². The second-order valence-corrected chi connectivity index (χ2v) is 8.48. The maximum Gasteiger partial charge on any atom is 0.511 e. The molecule has 24 heavy (non-hydrogen) atoms. The molecule has 4 atom stereocenters. The van der Waals surface area contributed by atoms with Crippen LogP contribution in [-0.4, -0.2) is 57.4 Å². The van der Waals surface area contributed by atoms with Crippen molar-refractivity contribution >= 4 is 41.4 Å². The molecule has 2 aliphatic heterocycles. The van der Waals surface area contributed by atoms with Crippen molar-refractivity contribution in [1.29, 1.82) is 0 Å². The molecular formula is C15H22ClNO6S. The maximum absolute atomic E-state index is 12.5. The summed E-state index contributed by atoms with van der Waals surface area (Å²) in [6.07, 6.45) is -0.370. The predicted molar refractivity (Wildman–Crippen MR) is 88.6 cm³/mol. The van der Waals surface area contributed by atoms with Gasteiger partial charge in [-0.3, -0.25) is 4.79 Å². The Labute approximate surface area is 150 Å². The number of β-lactam (4-membered cyclic amide) rings is 1. The summed E-state index contributed by atoms with van der Waals surface area (Å²) >= 11 is 7.44. The summed E-state index contributed by atoms with van der Waals surface area (Å²) < 4.78 is 14.4. The van der Waals surface area contributed by atoms with Gasteiger partial charge in [0.1, 0.15) is 16.8 Å². The molecule has 0 aromatic heterocycles. The molecule has 1 amide bonds. The third-order valence-corrected chi connectivity index (χ3v) is 6.01. The van der Waals surface area contributed by atoms with Crippen LogP contribution in [0.3, 0.4) is 0 Å². The van der Waals surface area contributed by atoms with Crippen LogP contribution in [0, 0.1) is 0 Å². The molecule has 0 spiro atoms. The molecule has 1 unspecified atom stereocenters. The molecule has 2 heterocycles. The quantitative estimate of drug-likeness (QED) is 0.230. The van der Waals surface area contributed by atoms with Crippen molar-refractivity contribution < 1.29 is 28.6 Å². The van der Waals surface area contributed by atoms with Gasteiger partial charge in [0.05, 0.1) is 6.61 Å². The van der Waals surface area contributed by atoms with Crippen LogP contribution in [0.1, 0.15) is 40.5 Å². The Hall–Kier alpha value is -1.15. The van der Waals surface area contributed by atoms with Gasteiger partial charge < -0.3 is 19.1 Å². The molecule has 0 radical (unpaired) electrons. The van der Waals surface area contributed by atoms with Crippen molar-refractivity contribution in [2.45, 2.75) is 68.4 Å². The van der Waals surface area contributed by atoms with E-state index < -0.39 is 34.6 Å². The number of thioether (sulfide) groups is 1. The van der Waals surface area contributed by atoms with Crippen LogP contribution in [0.2, 0.25) is 0 Å². The van der Waals surface area contributed by atoms with E-state index in [-0.39, 0.29) is 17.9 Å². The fraction of sp³-hybridized carbons (Fsp3) is 0.800. The number of amides is 1. The molecule has 7 nitrogen and oxygen atoms in total. The summed E-state index contributed by atoms with van der Waals surface area (Å²) in [7, 11) is 0. The van der Waals surface area contributed by atoms with Crippen molar-refractivity contribution in [2.24, 2.45) is 0 Å². The first-order chi connectivity index (χ1) is 11.2. The third-order valence-electron chi connectivity index (χ3n) is 3.86. The number of ether oxygens (including phenoxy) is 3. The highest BCUT2D eigenvalue weighted by atomic mass is 35.5. The smallest absolute Gasteiger partial charge is 0.434 e. The standard InChI is InChI=1S/C15H22ClNO6S/c1-5-6-7-21-14(20)23-8(2)22-13(19)10-15(3,4)24-12-9(16)11(18)17(10)12/h8-10,12H,5-7H2,1-4H3/t8?,9-,10+,12-/m1/s1. The van der Waals surface area contributed by atoms with E-state index in [1.165, 1.54) is 23.6 Å². The van der Waals surface area contributed by atoms with Crippen LogP contribution in [0.5, 0.6) is 0 Å². The van der Waals surface area contributed by atoms with E-state index in [1.54, 1.807) is 0 Å². The molecule has 0 aromatic carbocycles. The molecule has 0 aliphatic carbocycles. The molecule has 136 valence electrons. The summed E-state index contributed by atoms with van der Waals surface area (Å²) in [5, 5.41) is -0.851. The second kappa shape index (κ2) is 7.39. The van der Waals surface area contributed by atoms with Gasteiger partial charge in [0.2, 0.25) is 12.2 Å². The van der Waals surface area contributed by atoms with E-state index in [0.29, 0.717) is 0 Å². The van der Waals surface area contributed by atoms with Crippen LogP contribution < -0.4 is 0 Å². The summed E-state index contributed by atoms with van der Waals surface area (Å²) in [5.41, 5.74) is 0. The summed E-state index contributed by atoms with van der Waals surface area (Å²) in [6.45, 7) is 7.35. The molecule has 2 saturated heterocycles. The van der Waals surface area contributed by atoms with Gasteiger partial charge in [-0.2, -0.15) is 0 Å². The Bertz CT molecular complexity index is 528. The molecule has 0 bridgehead atoms. The maximum atomic E-state index is 12.5. The lowest BCUT2D eigenvalue weighted by atomic mass is 9.98. The van der Waals surface area contributed by atoms with Crippen LogP contribution in [0.25, 0.3) is 0 Å². The van der Waals surface area contributed by atoms with E-state index in [1.807, 2.05) is 20.8 Å². The van der Waals surface area contributed by atoms with E-state index >= 15 is 0 Å². The fourth-order valence-corrected chi connectivity index (χ4v) is 4.59. The highest BCUT2D eigenvalue weighted by Gasteiger charge is 2.63. The van der Waals surface area contributed by atoms with E-state index in [0.717, 1.165) is 12.8 Å². The van der Waals surface area contributed by atoms with Crippen molar-refractivity contribution in [2.75, 3.05) is 6.61 Å². The van der Waals surface area contributed by atoms with Crippen molar-refractivity contribution in [3.8, 4) is 0 Å². The number of esters is 1. The molecule has 2 aliphatic rings. The lowest BCUT2D eigenvalue weighted by Gasteiger charge is -2.41. The topological polar surface area (TPSA) is 82.1 Å². The SMILES string of the molecule is CCCCOC(=O)OC(C)OC(=O)[C@@H]1N2C(=O)[C@@H](Cl)[C@H]2SC1(C)C. The molecule has 0 saturated carbocycles. The average Bonchev–Trinajstić information content (AvgIpc) is 2.75. The van der Waals surface area contributed by atoms with Gasteiger partial charge in [0.15, 0.2) is 0 Å². The number of fused-ring (bicyclic) bond motifs is 1. The van der Waals surface area contributed by atoms with Crippen LogP contribution >= 0.6 is 23.4 Å². The molecule has 9 heteroatoms. The molecule has 2 rings (SSSR count). The number of rotatable bonds is 6. The number of carbonyl (C=O) groups is 3. The minimum atomic E-state index is -1.10. The van der Waals surface area contributed by atoms with Gasteiger partial charge in [-0.05, 0) is 20.3 Å². The zero-order chi connectivity index (χ0) is 18.1. The van der Waals surface area contributed by atoms with Crippen molar-refractivity contribution in [3.05, 3.63) is 0 Å². The number of hydrogen-bond donors (Lipinski definition) is 0. The summed E-state index contributed by atoms with van der Waals surface area (Å²) in [4.78, 5) is 37.3. The highest BCUT2D eigenvalue weighted by Crippen LogP contribution is 2.52. The number of unbranched alkanes of at least 4 members (excludes halogenated alkanes) is 1. The van der Waals surface area contributed by atoms with Crippen LogP contribution in [0.4, 0.5) is 4.79 Å². The molecular weight excluding hydrogens is 358 g/mol. The average molecular weight is 380 g/mol. The van der Waals surface area contributed by atoms with Gasteiger partial charge in [-0.1, -0.05) is 13.3 Å². The highest BCUT2D eigenvalue weighted by molar-refractivity contribution is 8.01. The van der Waals surface area contributed by atoms with Gasteiger partial charge >= 0.3 is 12.1 Å². The van der Waals surface area contributed by atoms with Gasteiger partial charge in [0, 0.05) is 11.7 Å². The minimum absolute atomic E-state index is 0.234. The number of carbonyl (C=O) groups excluding carboxylic acids is 3. The first kappa shape index (κ1) is 19.2. The van der Waals surface area contributed by atoms with Crippen molar-refractivity contribution in [3.63, 3.8) is 0 Å². The number of nitrogens with zero attached hydrogens (tertiary/aromatic N) is 1. The molecule has 2 fully saturated rings. The first-order valence-electron chi connectivity index (χ1n) is 7.87. The fourth-order valence-electron chi connectivity index (χ4n) is 2.67. The minimum Gasteiger partial charge on any atom is -0.434 e. The third kappa shape index (κ3) is 3.74. The zero-order valence-corrected chi connectivity index (χ0v) is 15.7. The Morgan fingerprint density at radius 3 is 2.67 bits per heavy atom. The van der Waals surface area contributed by atoms with E-state index in [9.17, 15) is 14.4 Å². The van der Waals surface area contributed by atoms with Crippen molar-refractivity contribution in [1.82, 2.24) is 4.90 Å². The normalized spacial score (nSPS) is 28.6. The summed E-state index contributed by atoms with van der Waals surface area (Å²) in [5.74, 6) is -0.907. The number of alkyl halides is 1. The largest absolute Gasteiger partial charge is 0.511 e. The lowest BCUT2D eigenvalue weighted by molar-refractivity contribution is -0.179. The summed E-state index contributed by atoms with van der Waals surface area (Å²) in [6, 6.07) is -0.767. The molecule has 0 N–H and O–H groups in total. The number of hydrogen-bond acceptors (Lipinski definition) is 7. The van der Waals surface area contributed by atoms with Crippen LogP contribution in [0.15, 0.2) is 0 Å². The second-order valence-electron chi connectivity index (χ2n) is 6.24. The monoisotopic (exact) mass is 379 g/mol. The van der Waals surface area contributed by atoms with Crippen LogP contribution in [-0.2, 0) is 23.8 Å². The van der Waals surface area contributed by atoms with Gasteiger partial charge in [-0.25, -0.2) is 9.59 Å². The Morgan fingerprint density at radius 1 is 1.38 bits per heavy atom. The van der Waals surface area contributed by atoms with Gasteiger partial charge in [0.25, 0.3) is 0 Å².